The Kier molecular flexibility index (Phi) is 6.68. The van der Waals surface area contributed by atoms with Crippen LogP contribution in [0.5, 0.6) is 0 Å². The first-order valence-corrected chi connectivity index (χ1v) is 11.6. The third kappa shape index (κ3) is 4.52. The van der Waals surface area contributed by atoms with Crippen molar-refractivity contribution in [3.8, 4) is 0 Å². The lowest BCUT2D eigenvalue weighted by atomic mass is 9.82. The minimum atomic E-state index is -0.204. The fourth-order valence-corrected chi connectivity index (χ4v) is 5.00. The number of hydrogen-bond donors (Lipinski definition) is 3. The second kappa shape index (κ2) is 9.43. The van der Waals surface area contributed by atoms with Gasteiger partial charge in [-0.15, -0.1) is 0 Å². The number of hydrogen-bond acceptors (Lipinski definition) is 6. The van der Waals surface area contributed by atoms with Crippen LogP contribution in [0.4, 0.5) is 5.95 Å². The molecule has 0 spiro atoms. The molecular formula is C23H35N5O2. The molecule has 1 atom stereocenters. The maximum atomic E-state index is 13.4. The number of pyridine rings is 1. The summed E-state index contributed by atoms with van der Waals surface area (Å²) in [7, 11) is 0. The van der Waals surface area contributed by atoms with E-state index in [0.717, 1.165) is 75.5 Å². The minimum absolute atomic E-state index is 0.0182. The Bertz CT molecular complexity index is 914. The van der Waals surface area contributed by atoms with E-state index in [1.807, 2.05) is 4.57 Å². The fourth-order valence-electron chi connectivity index (χ4n) is 5.00. The van der Waals surface area contributed by atoms with Gasteiger partial charge in [-0.2, -0.15) is 0 Å². The third-order valence-corrected chi connectivity index (χ3v) is 6.74. The molecule has 2 fully saturated rings. The number of aromatic nitrogens is 3. The van der Waals surface area contributed by atoms with Crippen molar-refractivity contribution in [3.63, 3.8) is 0 Å². The summed E-state index contributed by atoms with van der Waals surface area (Å²) in [5.41, 5.74) is 1.95. The summed E-state index contributed by atoms with van der Waals surface area (Å²) in [6.45, 7) is 6.18. The predicted octanol–water partition coefficient (Wildman–Crippen LogP) is 3.34. The summed E-state index contributed by atoms with van der Waals surface area (Å²) in [6.07, 6.45) is 11.1. The number of aliphatic hydroxyl groups excluding tert-OH is 1. The van der Waals surface area contributed by atoms with Crippen LogP contribution in [0.3, 0.4) is 0 Å². The molecule has 7 nitrogen and oxygen atoms in total. The van der Waals surface area contributed by atoms with Crippen LogP contribution in [-0.2, 0) is 0 Å². The summed E-state index contributed by atoms with van der Waals surface area (Å²) >= 11 is 0. The average Bonchev–Trinajstić information content (AvgIpc) is 2.75. The molecule has 3 heterocycles. The van der Waals surface area contributed by atoms with Crippen LogP contribution >= 0.6 is 0 Å². The Balaban J connectivity index is 1.78. The van der Waals surface area contributed by atoms with Gasteiger partial charge in [-0.3, -0.25) is 4.79 Å². The van der Waals surface area contributed by atoms with Gasteiger partial charge in [0, 0.05) is 24.5 Å². The number of anilines is 1. The molecule has 1 aliphatic heterocycles. The molecule has 0 amide bonds. The molecule has 4 rings (SSSR count). The van der Waals surface area contributed by atoms with Crippen molar-refractivity contribution in [1.82, 2.24) is 19.9 Å². The fraction of sp³-hybridized carbons (Fsp3) is 0.696. The summed E-state index contributed by atoms with van der Waals surface area (Å²) in [4.78, 5) is 22.7. The molecule has 0 bridgehead atoms. The zero-order valence-corrected chi connectivity index (χ0v) is 18.2. The molecule has 1 aliphatic carbocycles. The topological polar surface area (TPSA) is 92.1 Å². The largest absolute Gasteiger partial charge is 0.393 e. The van der Waals surface area contributed by atoms with E-state index in [9.17, 15) is 9.90 Å². The average molecular weight is 414 g/mol. The summed E-state index contributed by atoms with van der Waals surface area (Å²) in [5, 5.41) is 17.4. The standard InChI is InChI=1S/C23H35N5O2/c1-3-4-15(2)26-23-25-13-19-21(27-23)20(16-5-7-18(29)8-6-16)14-28(22(19)30)17-9-11-24-12-10-17/h13-18,24,29H,3-12H2,1-2H3,(H,25,26,27)/t15?,16-,18-. The molecule has 2 aromatic heterocycles. The summed E-state index contributed by atoms with van der Waals surface area (Å²) in [6, 6.07) is 0.509. The number of piperidine rings is 1. The Morgan fingerprint density at radius 2 is 1.97 bits per heavy atom. The van der Waals surface area contributed by atoms with Gasteiger partial charge in [0.05, 0.1) is 17.0 Å². The van der Waals surface area contributed by atoms with Crippen LogP contribution in [-0.4, -0.2) is 44.9 Å². The second-order valence-corrected chi connectivity index (χ2v) is 9.07. The van der Waals surface area contributed by atoms with E-state index in [-0.39, 0.29) is 23.7 Å². The highest BCUT2D eigenvalue weighted by Crippen LogP contribution is 2.36. The van der Waals surface area contributed by atoms with Crippen LogP contribution in [0, 0.1) is 0 Å². The van der Waals surface area contributed by atoms with E-state index in [1.165, 1.54) is 0 Å². The molecule has 164 valence electrons. The van der Waals surface area contributed by atoms with Crippen molar-refractivity contribution in [1.29, 1.82) is 0 Å². The van der Waals surface area contributed by atoms with E-state index in [0.29, 0.717) is 17.3 Å². The highest BCUT2D eigenvalue weighted by atomic mass is 16.3. The van der Waals surface area contributed by atoms with Gasteiger partial charge < -0.3 is 20.3 Å². The number of fused-ring (bicyclic) bond motifs is 1. The molecule has 0 aromatic carbocycles. The van der Waals surface area contributed by atoms with Crippen LogP contribution in [0.15, 0.2) is 17.2 Å². The zero-order chi connectivity index (χ0) is 21.1. The lowest BCUT2D eigenvalue weighted by Gasteiger charge is -2.29. The van der Waals surface area contributed by atoms with E-state index >= 15 is 0 Å². The maximum absolute atomic E-state index is 13.4. The van der Waals surface area contributed by atoms with Gasteiger partial charge in [0.2, 0.25) is 5.95 Å². The predicted molar refractivity (Wildman–Crippen MR) is 120 cm³/mol. The highest BCUT2D eigenvalue weighted by molar-refractivity contribution is 5.81. The van der Waals surface area contributed by atoms with E-state index in [1.54, 1.807) is 6.20 Å². The zero-order valence-electron chi connectivity index (χ0n) is 18.2. The third-order valence-electron chi connectivity index (χ3n) is 6.74. The minimum Gasteiger partial charge on any atom is -0.393 e. The van der Waals surface area contributed by atoms with Crippen LogP contribution in [0.2, 0.25) is 0 Å². The molecule has 0 radical (unpaired) electrons. The second-order valence-electron chi connectivity index (χ2n) is 9.07. The highest BCUT2D eigenvalue weighted by Gasteiger charge is 2.26. The van der Waals surface area contributed by atoms with Crippen molar-refractivity contribution < 1.29 is 5.11 Å². The number of rotatable bonds is 6. The lowest BCUT2D eigenvalue weighted by Crippen LogP contribution is -2.35. The SMILES string of the molecule is CCCC(C)Nc1ncc2c(=O)n(C3CCNCC3)cc([C@H]3CC[C@H](O)CC3)c2n1. The van der Waals surface area contributed by atoms with Gasteiger partial charge in [-0.25, -0.2) is 9.97 Å². The van der Waals surface area contributed by atoms with Crippen molar-refractivity contribution in [2.75, 3.05) is 18.4 Å². The van der Waals surface area contributed by atoms with E-state index in [2.05, 4.69) is 35.7 Å². The van der Waals surface area contributed by atoms with E-state index < -0.39 is 0 Å². The maximum Gasteiger partial charge on any atom is 0.261 e. The smallest absolute Gasteiger partial charge is 0.261 e. The first kappa shape index (κ1) is 21.2. The molecule has 2 aromatic rings. The number of aliphatic hydroxyl groups is 1. The van der Waals surface area contributed by atoms with Gasteiger partial charge in [0.1, 0.15) is 0 Å². The van der Waals surface area contributed by atoms with Crippen LogP contribution < -0.4 is 16.2 Å². The van der Waals surface area contributed by atoms with Gasteiger partial charge in [-0.05, 0) is 76.4 Å². The number of nitrogens with one attached hydrogen (secondary N) is 2. The first-order chi connectivity index (χ1) is 14.6. The number of nitrogens with zero attached hydrogens (tertiary/aromatic N) is 3. The van der Waals surface area contributed by atoms with Crippen molar-refractivity contribution in [2.45, 2.75) is 89.3 Å². The molecule has 30 heavy (non-hydrogen) atoms. The van der Waals surface area contributed by atoms with Gasteiger partial charge in [-0.1, -0.05) is 13.3 Å². The quantitative estimate of drug-likeness (QED) is 0.673. The molecule has 2 aliphatic rings. The van der Waals surface area contributed by atoms with Crippen molar-refractivity contribution in [3.05, 3.63) is 28.3 Å². The molecule has 1 unspecified atom stereocenters. The monoisotopic (exact) mass is 413 g/mol. The Morgan fingerprint density at radius 1 is 1.23 bits per heavy atom. The van der Waals surface area contributed by atoms with Crippen LogP contribution in [0.25, 0.3) is 10.9 Å². The first-order valence-electron chi connectivity index (χ1n) is 11.6. The summed E-state index contributed by atoms with van der Waals surface area (Å²) < 4.78 is 1.94. The molecule has 1 saturated carbocycles. The molecular weight excluding hydrogens is 378 g/mol. The lowest BCUT2D eigenvalue weighted by molar-refractivity contribution is 0.122. The Morgan fingerprint density at radius 3 is 2.67 bits per heavy atom. The summed E-state index contributed by atoms with van der Waals surface area (Å²) in [5.74, 6) is 0.917. The normalized spacial score (nSPS) is 24.1. The molecule has 1 saturated heterocycles. The molecule has 3 N–H and O–H groups in total. The Hall–Kier alpha value is -1.99. The van der Waals surface area contributed by atoms with Crippen molar-refractivity contribution >= 4 is 16.9 Å². The van der Waals surface area contributed by atoms with Gasteiger partial charge in [0.15, 0.2) is 0 Å². The van der Waals surface area contributed by atoms with Gasteiger partial charge >= 0.3 is 0 Å². The van der Waals surface area contributed by atoms with Crippen molar-refractivity contribution in [2.24, 2.45) is 0 Å². The van der Waals surface area contributed by atoms with Gasteiger partial charge in [0.25, 0.3) is 5.56 Å². The molecule has 7 heteroatoms. The van der Waals surface area contributed by atoms with E-state index in [4.69, 9.17) is 4.98 Å². The Labute approximate surface area is 178 Å². The van der Waals surface area contributed by atoms with Crippen LogP contribution in [0.1, 0.15) is 82.7 Å².